The molecule has 1 fully saturated rings. The largest absolute Gasteiger partial charge is 0.481 e. The van der Waals surface area contributed by atoms with Crippen molar-refractivity contribution in [2.75, 3.05) is 6.61 Å². The number of ether oxygens (including phenoxy) is 1. The first-order chi connectivity index (χ1) is 13.3. The highest BCUT2D eigenvalue weighted by molar-refractivity contribution is 5.79. The van der Waals surface area contributed by atoms with Gasteiger partial charge in [0.05, 0.1) is 12.0 Å². The molecule has 1 saturated carbocycles. The molecule has 0 aliphatic heterocycles. The van der Waals surface area contributed by atoms with E-state index in [0.29, 0.717) is 6.42 Å². The fraction of sp³-hybridized carbons (Fsp3) is 0.391. The Kier molecular flexibility index (Phi) is 4.41. The third-order valence-corrected chi connectivity index (χ3v) is 6.61. The Morgan fingerprint density at radius 1 is 1.04 bits per heavy atom. The molecule has 2 aromatic rings. The van der Waals surface area contributed by atoms with Crippen LogP contribution in [0.25, 0.3) is 11.1 Å². The first-order valence-electron chi connectivity index (χ1n) is 9.68. The summed E-state index contributed by atoms with van der Waals surface area (Å²) < 4.78 is 5.60. The lowest BCUT2D eigenvalue weighted by molar-refractivity contribution is -0.143. The Bertz CT molecular complexity index is 890. The van der Waals surface area contributed by atoms with E-state index in [9.17, 15) is 14.7 Å². The number of benzene rings is 2. The minimum absolute atomic E-state index is 0.0111. The number of hydrogen-bond donors (Lipinski definition) is 2. The van der Waals surface area contributed by atoms with Crippen molar-refractivity contribution in [3.8, 4) is 11.1 Å². The lowest BCUT2D eigenvalue weighted by Crippen LogP contribution is -2.65. The highest BCUT2D eigenvalue weighted by atomic mass is 16.5. The maximum absolute atomic E-state index is 12.6. The van der Waals surface area contributed by atoms with Gasteiger partial charge in [0.1, 0.15) is 6.61 Å². The Morgan fingerprint density at radius 3 is 2.07 bits per heavy atom. The molecule has 5 nitrogen and oxygen atoms in total. The van der Waals surface area contributed by atoms with Gasteiger partial charge in [-0.25, -0.2) is 4.79 Å². The number of rotatable bonds is 5. The normalized spacial score (nSPS) is 21.9. The van der Waals surface area contributed by atoms with Crippen LogP contribution in [0.1, 0.15) is 50.2 Å². The molecule has 0 spiro atoms. The number of carboxylic acid groups (broad SMARTS) is 1. The van der Waals surface area contributed by atoms with Crippen molar-refractivity contribution in [2.45, 2.75) is 44.6 Å². The zero-order valence-corrected chi connectivity index (χ0v) is 16.2. The third kappa shape index (κ3) is 2.95. The van der Waals surface area contributed by atoms with Crippen LogP contribution in [-0.2, 0) is 9.53 Å². The lowest BCUT2D eigenvalue weighted by Gasteiger charge is -2.55. The second-order valence-corrected chi connectivity index (χ2v) is 8.49. The van der Waals surface area contributed by atoms with Crippen molar-refractivity contribution in [1.82, 2.24) is 5.32 Å². The van der Waals surface area contributed by atoms with Gasteiger partial charge in [-0.3, -0.25) is 4.79 Å². The van der Waals surface area contributed by atoms with Gasteiger partial charge < -0.3 is 15.2 Å². The quantitative estimate of drug-likeness (QED) is 0.799. The number of carbonyl (C=O) groups excluding carboxylic acids is 1. The third-order valence-electron chi connectivity index (χ3n) is 6.61. The summed E-state index contributed by atoms with van der Waals surface area (Å²) in [5.74, 6) is -0.922. The van der Waals surface area contributed by atoms with Gasteiger partial charge in [0.2, 0.25) is 0 Å². The number of nitrogens with one attached hydrogen (secondary N) is 1. The van der Waals surface area contributed by atoms with Crippen LogP contribution in [0.5, 0.6) is 0 Å². The molecule has 0 saturated heterocycles. The van der Waals surface area contributed by atoms with Gasteiger partial charge in [0.25, 0.3) is 0 Å². The summed E-state index contributed by atoms with van der Waals surface area (Å²) in [4.78, 5) is 23.9. The molecule has 0 radical (unpaired) electrons. The zero-order chi connectivity index (χ0) is 19.9. The molecule has 5 heteroatoms. The van der Waals surface area contributed by atoms with Crippen LogP contribution in [-0.4, -0.2) is 29.3 Å². The van der Waals surface area contributed by atoms with Crippen LogP contribution in [0.15, 0.2) is 48.5 Å². The van der Waals surface area contributed by atoms with Gasteiger partial charge in [-0.1, -0.05) is 62.4 Å². The molecule has 0 aromatic heterocycles. The van der Waals surface area contributed by atoms with Crippen molar-refractivity contribution in [2.24, 2.45) is 5.41 Å². The molecular formula is C23H25NO4. The Labute approximate surface area is 164 Å². The van der Waals surface area contributed by atoms with E-state index in [1.54, 1.807) is 0 Å². The fourth-order valence-electron chi connectivity index (χ4n) is 4.62. The van der Waals surface area contributed by atoms with Gasteiger partial charge in [0, 0.05) is 5.92 Å². The van der Waals surface area contributed by atoms with Crippen LogP contribution < -0.4 is 5.32 Å². The van der Waals surface area contributed by atoms with Crippen LogP contribution in [0.3, 0.4) is 0 Å². The second kappa shape index (κ2) is 6.66. The molecular weight excluding hydrogens is 354 g/mol. The zero-order valence-electron chi connectivity index (χ0n) is 16.2. The van der Waals surface area contributed by atoms with Gasteiger partial charge in [-0.2, -0.15) is 0 Å². The van der Waals surface area contributed by atoms with Crippen LogP contribution >= 0.6 is 0 Å². The van der Waals surface area contributed by atoms with E-state index >= 15 is 0 Å². The van der Waals surface area contributed by atoms with E-state index in [2.05, 4.69) is 29.6 Å². The van der Waals surface area contributed by atoms with Crippen molar-refractivity contribution in [3.63, 3.8) is 0 Å². The predicted molar refractivity (Wildman–Crippen MR) is 106 cm³/mol. The number of alkyl carbamates (subject to hydrolysis) is 1. The minimum Gasteiger partial charge on any atom is -0.481 e. The van der Waals surface area contributed by atoms with Gasteiger partial charge in [-0.05, 0) is 40.5 Å². The molecule has 4 rings (SSSR count). The predicted octanol–water partition coefficient (Wildman–Crippen LogP) is 4.56. The number of aliphatic carboxylic acids is 1. The van der Waals surface area contributed by atoms with E-state index in [-0.39, 0.29) is 24.4 Å². The molecule has 1 unspecified atom stereocenters. The lowest BCUT2D eigenvalue weighted by atomic mass is 9.55. The summed E-state index contributed by atoms with van der Waals surface area (Å²) in [7, 11) is 0. The monoisotopic (exact) mass is 379 g/mol. The van der Waals surface area contributed by atoms with Gasteiger partial charge in [-0.15, -0.1) is 0 Å². The van der Waals surface area contributed by atoms with Gasteiger partial charge in [0.15, 0.2) is 0 Å². The number of fused-ring (bicyclic) bond motifs is 3. The molecule has 2 N–H and O–H groups in total. The maximum atomic E-state index is 12.6. The Morgan fingerprint density at radius 2 is 1.61 bits per heavy atom. The second-order valence-electron chi connectivity index (χ2n) is 8.49. The van der Waals surface area contributed by atoms with Gasteiger partial charge >= 0.3 is 12.1 Å². The first-order valence-corrected chi connectivity index (χ1v) is 9.68. The molecule has 2 aliphatic carbocycles. The van der Waals surface area contributed by atoms with E-state index < -0.39 is 17.6 Å². The molecule has 146 valence electrons. The van der Waals surface area contributed by atoms with Crippen molar-refractivity contribution < 1.29 is 19.4 Å². The average Bonchev–Trinajstić information content (AvgIpc) is 2.98. The average molecular weight is 379 g/mol. The van der Waals surface area contributed by atoms with E-state index in [1.807, 2.05) is 38.1 Å². The highest BCUT2D eigenvalue weighted by Gasteiger charge is 2.55. The summed E-state index contributed by atoms with van der Waals surface area (Å²) in [6.07, 6.45) is 0.890. The SMILES string of the molecule is CC1(C)CCC1(CC(=O)O)NC(=O)OCC1c2ccccc2-c2ccccc21. The molecule has 0 heterocycles. The van der Waals surface area contributed by atoms with Crippen LogP contribution in [0.2, 0.25) is 0 Å². The topological polar surface area (TPSA) is 75.6 Å². The van der Waals surface area contributed by atoms with Crippen molar-refractivity contribution in [3.05, 3.63) is 59.7 Å². The highest BCUT2D eigenvalue weighted by Crippen LogP contribution is 2.51. The molecule has 2 aliphatic rings. The van der Waals surface area contributed by atoms with Crippen molar-refractivity contribution >= 4 is 12.1 Å². The van der Waals surface area contributed by atoms with E-state index in [1.165, 1.54) is 11.1 Å². The number of hydrogen-bond acceptors (Lipinski definition) is 3. The molecule has 0 bridgehead atoms. The van der Waals surface area contributed by atoms with Crippen LogP contribution in [0.4, 0.5) is 4.79 Å². The molecule has 2 aromatic carbocycles. The number of carbonyl (C=O) groups is 2. The van der Waals surface area contributed by atoms with Crippen LogP contribution in [0, 0.1) is 5.41 Å². The smallest absolute Gasteiger partial charge is 0.407 e. The minimum atomic E-state index is -0.910. The Balaban J connectivity index is 1.49. The fourth-order valence-corrected chi connectivity index (χ4v) is 4.62. The summed E-state index contributed by atoms with van der Waals surface area (Å²) >= 11 is 0. The standard InChI is InChI=1S/C23H25NO4/c1-22(2)11-12-23(22,13-20(25)26)24-21(27)28-14-19-17-9-5-3-7-15(17)16-8-4-6-10-18(16)19/h3-10,19H,11-14H2,1-2H3,(H,24,27)(H,25,26). The summed E-state index contributed by atoms with van der Waals surface area (Å²) in [5, 5.41) is 12.2. The van der Waals surface area contributed by atoms with E-state index in [0.717, 1.165) is 17.5 Å². The number of amides is 1. The number of carboxylic acids is 1. The molecule has 28 heavy (non-hydrogen) atoms. The first kappa shape index (κ1) is 18.5. The maximum Gasteiger partial charge on any atom is 0.407 e. The summed E-state index contributed by atoms with van der Waals surface area (Å²) in [6, 6.07) is 16.3. The molecule has 1 atom stereocenters. The van der Waals surface area contributed by atoms with E-state index in [4.69, 9.17) is 4.74 Å². The van der Waals surface area contributed by atoms with Crippen molar-refractivity contribution in [1.29, 1.82) is 0 Å². The Hall–Kier alpha value is -2.82. The summed E-state index contributed by atoms with van der Waals surface area (Å²) in [5.41, 5.74) is 3.64. The molecule has 1 amide bonds. The summed E-state index contributed by atoms with van der Waals surface area (Å²) in [6.45, 7) is 4.20.